The molecule has 1 fully saturated rings. The number of aliphatic hydroxyl groups excluding tert-OH is 1. The summed E-state index contributed by atoms with van der Waals surface area (Å²) in [5.41, 5.74) is 0.838. The second-order valence-electron chi connectivity index (χ2n) is 9.11. The molecule has 0 spiro atoms. The molecule has 6 rings (SSSR count). The van der Waals surface area contributed by atoms with E-state index < -0.39 is 28.4 Å². The van der Waals surface area contributed by atoms with Gasteiger partial charge >= 0.3 is 5.91 Å². The molecule has 1 amide bonds. The Hall–Kier alpha value is -4.46. The van der Waals surface area contributed by atoms with Gasteiger partial charge in [-0.3, -0.25) is 24.6 Å². The van der Waals surface area contributed by atoms with Crippen LogP contribution in [0.5, 0.6) is 11.5 Å². The molecule has 42 heavy (non-hydrogen) atoms. The summed E-state index contributed by atoms with van der Waals surface area (Å²) in [6.07, 6.45) is 0. The topological polar surface area (TPSA) is 145 Å². The highest BCUT2D eigenvalue weighted by Gasteiger charge is 2.48. The van der Waals surface area contributed by atoms with Crippen molar-refractivity contribution in [2.45, 2.75) is 16.1 Å². The van der Waals surface area contributed by atoms with E-state index in [1.165, 1.54) is 42.1 Å². The Morgan fingerprint density at radius 2 is 1.86 bits per heavy atom. The molecule has 3 heterocycles. The number of benzene rings is 3. The first-order valence-electron chi connectivity index (χ1n) is 12.5. The van der Waals surface area contributed by atoms with E-state index in [1.807, 2.05) is 18.2 Å². The Balaban J connectivity index is 1.42. The number of nitrogens with zero attached hydrogens (tertiary/aromatic N) is 4. The maximum absolute atomic E-state index is 13.5. The van der Waals surface area contributed by atoms with E-state index in [9.17, 15) is 24.8 Å². The summed E-state index contributed by atoms with van der Waals surface area (Å²) in [5.74, 6) is -1.06. The largest absolute Gasteiger partial charge is 0.507 e. The Morgan fingerprint density at radius 1 is 1.07 bits per heavy atom. The number of nitro benzene ring substituents is 1. The SMILES string of the molecule is O=C1C(=O)N(c2nnc(SCc3ccccc3Cl)s2)C(c2cccc([N+](=O)[O-])c2)/C1=C(\O)c1ccc2c(c1)OCCO2. The second kappa shape index (κ2) is 11.4. The number of fused-ring (bicyclic) bond motifs is 1. The molecule has 0 radical (unpaired) electrons. The van der Waals surface area contributed by atoms with Crippen molar-refractivity contribution in [3.63, 3.8) is 0 Å². The number of anilines is 1. The monoisotopic (exact) mass is 622 g/mol. The maximum atomic E-state index is 13.5. The molecule has 2 aliphatic rings. The molecule has 0 aliphatic carbocycles. The fourth-order valence-electron chi connectivity index (χ4n) is 4.61. The third kappa shape index (κ3) is 5.17. The summed E-state index contributed by atoms with van der Waals surface area (Å²) >= 11 is 8.69. The Bertz CT molecular complexity index is 1780. The van der Waals surface area contributed by atoms with Gasteiger partial charge in [-0.15, -0.1) is 10.2 Å². The molecular weight excluding hydrogens is 604 g/mol. The van der Waals surface area contributed by atoms with Crippen LogP contribution in [0.1, 0.15) is 22.7 Å². The fraction of sp³-hybridized carbons (Fsp3) is 0.143. The molecule has 3 aromatic carbocycles. The predicted molar refractivity (Wildman–Crippen MR) is 156 cm³/mol. The van der Waals surface area contributed by atoms with Crippen LogP contribution in [-0.4, -0.2) is 45.1 Å². The molecule has 14 heteroatoms. The molecular formula is C28H19ClN4O7S2. The van der Waals surface area contributed by atoms with Gasteiger partial charge in [0.2, 0.25) is 5.13 Å². The van der Waals surface area contributed by atoms with E-state index >= 15 is 0 Å². The van der Waals surface area contributed by atoms with Crippen LogP contribution in [0.3, 0.4) is 0 Å². The number of hydrogen-bond donors (Lipinski definition) is 1. The molecule has 212 valence electrons. The fourth-order valence-corrected chi connectivity index (χ4v) is 6.77. The van der Waals surface area contributed by atoms with Crippen molar-refractivity contribution in [3.8, 4) is 11.5 Å². The maximum Gasteiger partial charge on any atom is 0.301 e. The van der Waals surface area contributed by atoms with Gasteiger partial charge in [-0.25, -0.2) is 0 Å². The van der Waals surface area contributed by atoms with Gasteiger partial charge in [0, 0.05) is 28.5 Å². The lowest BCUT2D eigenvalue weighted by atomic mass is 9.95. The van der Waals surface area contributed by atoms with Gasteiger partial charge < -0.3 is 14.6 Å². The Labute approximate surface area is 251 Å². The number of rotatable bonds is 7. The highest BCUT2D eigenvalue weighted by molar-refractivity contribution is 8.00. The summed E-state index contributed by atoms with van der Waals surface area (Å²) in [6, 6.07) is 16.3. The third-order valence-corrected chi connectivity index (χ3v) is 9.04. The molecule has 1 N–H and O–H groups in total. The first kappa shape index (κ1) is 27.7. The van der Waals surface area contributed by atoms with Crippen LogP contribution in [-0.2, 0) is 15.3 Å². The number of carbonyl (C=O) groups excluding carboxylic acids is 2. The van der Waals surface area contributed by atoms with Crippen molar-refractivity contribution >= 4 is 63.0 Å². The van der Waals surface area contributed by atoms with E-state index in [-0.39, 0.29) is 27.5 Å². The highest BCUT2D eigenvalue weighted by Crippen LogP contribution is 2.45. The number of halogens is 1. The number of nitro groups is 1. The van der Waals surface area contributed by atoms with Crippen LogP contribution in [0.4, 0.5) is 10.8 Å². The molecule has 1 unspecified atom stereocenters. The number of amides is 1. The number of hydrogen-bond acceptors (Lipinski definition) is 11. The summed E-state index contributed by atoms with van der Waals surface area (Å²) in [4.78, 5) is 39.1. The highest BCUT2D eigenvalue weighted by atomic mass is 35.5. The molecule has 4 aromatic rings. The number of Topliss-reactive ketones (excluding diaryl/α,β-unsaturated/α-hetero) is 1. The second-order valence-corrected chi connectivity index (χ2v) is 11.7. The van der Waals surface area contributed by atoms with Crippen molar-refractivity contribution in [1.82, 2.24) is 10.2 Å². The summed E-state index contributed by atoms with van der Waals surface area (Å²) in [5, 5.41) is 32.0. The molecule has 1 atom stereocenters. The zero-order valence-electron chi connectivity index (χ0n) is 21.4. The first-order chi connectivity index (χ1) is 20.3. The van der Waals surface area contributed by atoms with Gasteiger partial charge in [0.25, 0.3) is 11.5 Å². The summed E-state index contributed by atoms with van der Waals surface area (Å²) in [7, 11) is 0. The minimum absolute atomic E-state index is 0.0940. The molecule has 2 aliphatic heterocycles. The average Bonchev–Trinajstić information content (AvgIpc) is 3.58. The van der Waals surface area contributed by atoms with Gasteiger partial charge in [0.05, 0.1) is 16.5 Å². The molecule has 0 saturated carbocycles. The zero-order chi connectivity index (χ0) is 29.4. The van der Waals surface area contributed by atoms with Crippen molar-refractivity contribution < 1.29 is 29.1 Å². The lowest BCUT2D eigenvalue weighted by Crippen LogP contribution is -2.29. The summed E-state index contributed by atoms with van der Waals surface area (Å²) < 4.78 is 11.7. The minimum atomic E-state index is -1.22. The molecule has 11 nitrogen and oxygen atoms in total. The van der Waals surface area contributed by atoms with E-state index in [1.54, 1.807) is 18.2 Å². The number of thioether (sulfide) groups is 1. The third-order valence-electron chi connectivity index (χ3n) is 6.57. The van der Waals surface area contributed by atoms with Crippen molar-refractivity contribution in [2.75, 3.05) is 18.1 Å². The quantitative estimate of drug-likeness (QED) is 0.0511. The van der Waals surface area contributed by atoms with Crippen LogP contribution >= 0.6 is 34.7 Å². The number of carbonyl (C=O) groups is 2. The van der Waals surface area contributed by atoms with Gasteiger partial charge in [-0.05, 0) is 35.4 Å². The first-order valence-corrected chi connectivity index (χ1v) is 14.6. The van der Waals surface area contributed by atoms with Gasteiger partial charge in [0.15, 0.2) is 15.8 Å². The normalized spacial score (nSPS) is 17.5. The van der Waals surface area contributed by atoms with E-state index in [0.29, 0.717) is 39.8 Å². The van der Waals surface area contributed by atoms with Crippen LogP contribution in [0.2, 0.25) is 5.02 Å². The summed E-state index contributed by atoms with van der Waals surface area (Å²) in [6.45, 7) is 0.680. The zero-order valence-corrected chi connectivity index (χ0v) is 23.8. The van der Waals surface area contributed by atoms with E-state index in [0.717, 1.165) is 21.8 Å². The smallest absolute Gasteiger partial charge is 0.301 e. The number of non-ortho nitro benzene ring substituents is 1. The Morgan fingerprint density at radius 3 is 2.64 bits per heavy atom. The van der Waals surface area contributed by atoms with Crippen LogP contribution in [0.15, 0.2) is 76.6 Å². The number of aromatic nitrogens is 2. The van der Waals surface area contributed by atoms with E-state index in [2.05, 4.69) is 10.2 Å². The molecule has 1 saturated heterocycles. The van der Waals surface area contributed by atoms with Gasteiger partial charge in [-0.1, -0.05) is 65.0 Å². The van der Waals surface area contributed by atoms with Crippen molar-refractivity contribution in [3.05, 3.63) is 104 Å². The number of ether oxygens (including phenoxy) is 2. The van der Waals surface area contributed by atoms with Crippen molar-refractivity contribution in [2.24, 2.45) is 0 Å². The lowest BCUT2D eigenvalue weighted by molar-refractivity contribution is -0.384. The predicted octanol–water partition coefficient (Wildman–Crippen LogP) is 5.79. The van der Waals surface area contributed by atoms with Crippen LogP contribution in [0, 0.1) is 10.1 Å². The minimum Gasteiger partial charge on any atom is -0.507 e. The average molecular weight is 623 g/mol. The lowest BCUT2D eigenvalue weighted by Gasteiger charge is -2.23. The molecule has 0 bridgehead atoms. The standard InChI is InChI=1S/C28H19ClN4O7S2/c29-19-7-2-1-4-17(19)14-41-28-31-30-27(42-28)32-23(15-5-3-6-18(12-15)33(37)38)22(25(35)26(32)36)24(34)16-8-9-20-21(13-16)40-11-10-39-20/h1-9,12-13,23,34H,10-11,14H2/b24-22+. The number of aliphatic hydroxyl groups is 1. The van der Waals surface area contributed by atoms with Crippen LogP contribution < -0.4 is 14.4 Å². The Kier molecular flexibility index (Phi) is 7.54. The number of ketones is 1. The van der Waals surface area contributed by atoms with E-state index in [4.69, 9.17) is 21.1 Å². The van der Waals surface area contributed by atoms with Crippen molar-refractivity contribution in [1.29, 1.82) is 0 Å². The van der Waals surface area contributed by atoms with Crippen LogP contribution in [0.25, 0.3) is 5.76 Å². The van der Waals surface area contributed by atoms with Gasteiger partial charge in [0.1, 0.15) is 19.0 Å². The van der Waals surface area contributed by atoms with Gasteiger partial charge in [-0.2, -0.15) is 0 Å². The molecule has 1 aromatic heterocycles.